The molecule has 1 rings (SSSR count). The maximum atomic E-state index is 11.6. The highest BCUT2D eigenvalue weighted by molar-refractivity contribution is 7.99. The van der Waals surface area contributed by atoms with Crippen LogP contribution < -0.4 is 5.32 Å². The minimum atomic E-state index is -1.00. The molecule has 0 radical (unpaired) electrons. The minimum Gasteiger partial charge on any atom is -0.478 e. The molecule has 0 saturated heterocycles. The van der Waals surface area contributed by atoms with Gasteiger partial charge in [0.05, 0.1) is 5.56 Å². The minimum absolute atomic E-state index is 0.157. The largest absolute Gasteiger partial charge is 0.478 e. The Balaban J connectivity index is 2.86. The standard InChI is InChI=1S/C13H16ClNO3S/c1-2-19-11-7-9(13(17)18)6-10(8-11)15-12(16)4-3-5-14/h6-8H,2-5H2,1H3,(H,15,16)(H,17,18). The number of hydrogen-bond acceptors (Lipinski definition) is 3. The van der Waals surface area contributed by atoms with Crippen molar-refractivity contribution in [2.75, 3.05) is 16.9 Å². The van der Waals surface area contributed by atoms with Crippen LogP contribution in [-0.4, -0.2) is 28.6 Å². The lowest BCUT2D eigenvalue weighted by atomic mass is 10.2. The molecule has 0 atom stereocenters. The molecule has 1 aromatic carbocycles. The van der Waals surface area contributed by atoms with Gasteiger partial charge in [0.2, 0.25) is 5.91 Å². The summed E-state index contributed by atoms with van der Waals surface area (Å²) in [6.07, 6.45) is 0.930. The van der Waals surface area contributed by atoms with Gasteiger partial charge < -0.3 is 10.4 Å². The lowest BCUT2D eigenvalue weighted by molar-refractivity contribution is -0.116. The maximum absolute atomic E-state index is 11.6. The third kappa shape index (κ3) is 5.53. The molecule has 104 valence electrons. The fraction of sp³-hybridized carbons (Fsp3) is 0.385. The number of nitrogens with one attached hydrogen (secondary N) is 1. The number of alkyl halides is 1. The number of hydrogen-bond donors (Lipinski definition) is 2. The van der Waals surface area contributed by atoms with E-state index in [-0.39, 0.29) is 11.5 Å². The second-order valence-electron chi connectivity index (χ2n) is 3.82. The summed E-state index contributed by atoms with van der Waals surface area (Å²) in [4.78, 5) is 23.5. The summed E-state index contributed by atoms with van der Waals surface area (Å²) in [6.45, 7) is 1.98. The monoisotopic (exact) mass is 301 g/mol. The number of rotatable bonds is 7. The van der Waals surface area contributed by atoms with E-state index >= 15 is 0 Å². The third-order valence-corrected chi connectivity index (χ3v) is 3.41. The fourth-order valence-corrected chi connectivity index (χ4v) is 2.38. The first-order valence-corrected chi connectivity index (χ1v) is 7.45. The number of benzene rings is 1. The molecule has 0 bridgehead atoms. The zero-order valence-electron chi connectivity index (χ0n) is 10.6. The molecule has 0 aliphatic heterocycles. The van der Waals surface area contributed by atoms with Crippen molar-refractivity contribution in [3.05, 3.63) is 23.8 Å². The predicted molar refractivity (Wildman–Crippen MR) is 78.4 cm³/mol. The van der Waals surface area contributed by atoms with E-state index in [9.17, 15) is 9.59 Å². The molecule has 0 aliphatic carbocycles. The SMILES string of the molecule is CCSc1cc(NC(=O)CCCCl)cc(C(=O)O)c1. The van der Waals surface area contributed by atoms with Crippen LogP contribution in [-0.2, 0) is 4.79 Å². The molecule has 6 heteroatoms. The number of amides is 1. The van der Waals surface area contributed by atoms with Crippen molar-refractivity contribution in [1.82, 2.24) is 0 Å². The van der Waals surface area contributed by atoms with E-state index in [0.717, 1.165) is 10.6 Å². The van der Waals surface area contributed by atoms with Crippen molar-refractivity contribution in [2.45, 2.75) is 24.7 Å². The normalized spacial score (nSPS) is 10.2. The third-order valence-electron chi connectivity index (χ3n) is 2.29. The van der Waals surface area contributed by atoms with E-state index in [1.54, 1.807) is 12.1 Å². The number of carbonyl (C=O) groups is 2. The molecule has 19 heavy (non-hydrogen) atoms. The number of carbonyl (C=O) groups excluding carboxylic acids is 1. The van der Waals surface area contributed by atoms with Crippen LogP contribution in [0.4, 0.5) is 5.69 Å². The van der Waals surface area contributed by atoms with E-state index in [2.05, 4.69) is 5.32 Å². The first-order valence-electron chi connectivity index (χ1n) is 5.93. The zero-order valence-corrected chi connectivity index (χ0v) is 12.2. The lowest BCUT2D eigenvalue weighted by Crippen LogP contribution is -2.12. The molecular formula is C13H16ClNO3S. The van der Waals surface area contributed by atoms with Gasteiger partial charge in [-0.05, 0) is 30.4 Å². The van der Waals surface area contributed by atoms with Crippen LogP contribution in [0.3, 0.4) is 0 Å². The Bertz CT molecular complexity index is 465. The molecule has 4 nitrogen and oxygen atoms in total. The summed E-state index contributed by atoms with van der Waals surface area (Å²) in [5, 5.41) is 11.7. The first-order chi connectivity index (χ1) is 9.06. The summed E-state index contributed by atoms with van der Waals surface area (Å²) < 4.78 is 0. The van der Waals surface area contributed by atoms with Gasteiger partial charge in [0, 0.05) is 22.9 Å². The Kier molecular flexibility index (Phi) is 6.73. The lowest BCUT2D eigenvalue weighted by Gasteiger charge is -2.08. The number of aromatic carboxylic acids is 1. The Hall–Kier alpha value is -1.20. The highest BCUT2D eigenvalue weighted by Crippen LogP contribution is 2.24. The van der Waals surface area contributed by atoms with Gasteiger partial charge in [0.25, 0.3) is 0 Å². The second-order valence-corrected chi connectivity index (χ2v) is 5.54. The van der Waals surface area contributed by atoms with Gasteiger partial charge in [-0.3, -0.25) is 4.79 Å². The second kappa shape index (κ2) is 8.07. The van der Waals surface area contributed by atoms with Crippen LogP contribution in [0.2, 0.25) is 0 Å². The van der Waals surface area contributed by atoms with Gasteiger partial charge in [-0.1, -0.05) is 6.92 Å². The van der Waals surface area contributed by atoms with Crippen molar-refractivity contribution in [1.29, 1.82) is 0 Å². The topological polar surface area (TPSA) is 66.4 Å². The number of carboxylic acids is 1. The number of carboxylic acid groups (broad SMARTS) is 1. The van der Waals surface area contributed by atoms with E-state index in [1.807, 2.05) is 6.92 Å². The molecule has 0 saturated carbocycles. The predicted octanol–water partition coefficient (Wildman–Crippen LogP) is 3.45. The van der Waals surface area contributed by atoms with Gasteiger partial charge in [-0.2, -0.15) is 0 Å². The molecule has 0 aromatic heterocycles. The molecule has 1 amide bonds. The van der Waals surface area contributed by atoms with Crippen LogP contribution in [0.25, 0.3) is 0 Å². The van der Waals surface area contributed by atoms with Crippen molar-refractivity contribution in [2.24, 2.45) is 0 Å². The summed E-state index contributed by atoms with van der Waals surface area (Å²) in [5.41, 5.74) is 0.682. The van der Waals surface area contributed by atoms with Crippen molar-refractivity contribution >= 4 is 40.9 Å². The first kappa shape index (κ1) is 15.9. The summed E-state index contributed by atoms with van der Waals surface area (Å²) in [7, 11) is 0. The van der Waals surface area contributed by atoms with Crippen LogP contribution in [0.1, 0.15) is 30.1 Å². The van der Waals surface area contributed by atoms with E-state index < -0.39 is 5.97 Å². The fourth-order valence-electron chi connectivity index (χ4n) is 1.50. The molecular weight excluding hydrogens is 286 g/mol. The molecule has 1 aromatic rings. The molecule has 0 spiro atoms. The number of halogens is 1. The average Bonchev–Trinajstić information content (AvgIpc) is 2.36. The Morgan fingerprint density at radius 3 is 2.68 bits per heavy atom. The van der Waals surface area contributed by atoms with Crippen molar-refractivity contribution < 1.29 is 14.7 Å². The quantitative estimate of drug-likeness (QED) is 0.598. The highest BCUT2D eigenvalue weighted by atomic mass is 35.5. The van der Waals surface area contributed by atoms with Crippen LogP contribution in [0.5, 0.6) is 0 Å². The van der Waals surface area contributed by atoms with Gasteiger partial charge in [-0.25, -0.2) is 4.79 Å². The summed E-state index contributed by atoms with van der Waals surface area (Å²) >= 11 is 7.05. The number of anilines is 1. The van der Waals surface area contributed by atoms with Gasteiger partial charge in [0.1, 0.15) is 0 Å². The van der Waals surface area contributed by atoms with Crippen LogP contribution >= 0.6 is 23.4 Å². The summed E-state index contributed by atoms with van der Waals surface area (Å²) in [6, 6.07) is 4.84. The average molecular weight is 302 g/mol. The van der Waals surface area contributed by atoms with Crippen LogP contribution in [0.15, 0.2) is 23.1 Å². The summed E-state index contributed by atoms with van der Waals surface area (Å²) in [5.74, 6) is 0.104. The van der Waals surface area contributed by atoms with E-state index in [4.69, 9.17) is 16.7 Å². The van der Waals surface area contributed by atoms with Crippen molar-refractivity contribution in [3.63, 3.8) is 0 Å². The smallest absolute Gasteiger partial charge is 0.335 e. The van der Waals surface area contributed by atoms with Crippen LogP contribution in [0, 0.1) is 0 Å². The zero-order chi connectivity index (χ0) is 14.3. The molecule has 0 fully saturated rings. The van der Waals surface area contributed by atoms with Gasteiger partial charge in [-0.15, -0.1) is 23.4 Å². The molecule has 2 N–H and O–H groups in total. The molecule has 0 heterocycles. The van der Waals surface area contributed by atoms with E-state index in [1.165, 1.54) is 17.8 Å². The van der Waals surface area contributed by atoms with Crippen molar-refractivity contribution in [3.8, 4) is 0 Å². The number of thioether (sulfide) groups is 1. The Labute approximate surface area is 121 Å². The van der Waals surface area contributed by atoms with Gasteiger partial charge >= 0.3 is 5.97 Å². The maximum Gasteiger partial charge on any atom is 0.335 e. The van der Waals surface area contributed by atoms with Gasteiger partial charge in [0.15, 0.2) is 0 Å². The highest BCUT2D eigenvalue weighted by Gasteiger charge is 2.09. The Morgan fingerprint density at radius 2 is 2.11 bits per heavy atom. The van der Waals surface area contributed by atoms with E-state index in [0.29, 0.717) is 24.4 Å². The molecule has 0 unspecified atom stereocenters. The Morgan fingerprint density at radius 1 is 1.37 bits per heavy atom. The molecule has 0 aliphatic rings.